The van der Waals surface area contributed by atoms with Crippen LogP contribution in [0.3, 0.4) is 0 Å². The number of likely N-dealkylation sites (tertiary alicyclic amines) is 1. The molecule has 1 aromatic carbocycles. The maximum atomic E-state index is 12.9. The molecule has 4 heterocycles. The molecule has 2 aromatic rings. The van der Waals surface area contributed by atoms with Crippen molar-refractivity contribution in [1.82, 2.24) is 14.9 Å². The summed E-state index contributed by atoms with van der Waals surface area (Å²) >= 11 is 0. The Hall–Kier alpha value is -2.48. The van der Waals surface area contributed by atoms with Gasteiger partial charge in [0.05, 0.1) is 16.7 Å². The molecule has 0 spiro atoms. The molecule has 0 aliphatic carbocycles. The van der Waals surface area contributed by atoms with Gasteiger partial charge in [0.1, 0.15) is 0 Å². The minimum absolute atomic E-state index is 0.0445. The summed E-state index contributed by atoms with van der Waals surface area (Å²) in [7, 11) is -3.34. The zero-order chi connectivity index (χ0) is 19.3. The van der Waals surface area contributed by atoms with E-state index in [0.717, 1.165) is 31.6 Å². The van der Waals surface area contributed by atoms with Crippen LogP contribution in [-0.2, 0) is 15.6 Å². The summed E-state index contributed by atoms with van der Waals surface area (Å²) < 4.78 is 25.7. The summed E-state index contributed by atoms with van der Waals surface area (Å²) in [4.78, 5) is 25.9. The Kier molecular flexibility index (Phi) is 4.12. The number of anilines is 1. The molecule has 0 bridgehead atoms. The first-order chi connectivity index (χ1) is 13.5. The number of benzene rings is 1. The maximum absolute atomic E-state index is 12.9. The van der Waals surface area contributed by atoms with Crippen molar-refractivity contribution < 1.29 is 13.2 Å². The zero-order valence-corrected chi connectivity index (χ0v) is 16.3. The number of carbonyl (C=O) groups is 1. The van der Waals surface area contributed by atoms with Crippen molar-refractivity contribution in [2.45, 2.75) is 29.8 Å². The van der Waals surface area contributed by atoms with Crippen molar-refractivity contribution >= 4 is 21.7 Å². The molecule has 8 heteroatoms. The van der Waals surface area contributed by atoms with Crippen molar-refractivity contribution in [2.24, 2.45) is 0 Å². The molecular formula is C20H22N4O3S. The second kappa shape index (κ2) is 6.55. The summed E-state index contributed by atoms with van der Waals surface area (Å²) in [6, 6.07) is 9.02. The van der Waals surface area contributed by atoms with Crippen LogP contribution in [-0.4, -0.2) is 60.6 Å². The van der Waals surface area contributed by atoms with Crippen LogP contribution in [0.2, 0.25) is 0 Å². The van der Waals surface area contributed by atoms with Gasteiger partial charge in [0.2, 0.25) is 5.95 Å². The van der Waals surface area contributed by atoms with Crippen LogP contribution in [0, 0.1) is 0 Å². The Morgan fingerprint density at radius 2 is 1.82 bits per heavy atom. The van der Waals surface area contributed by atoms with Gasteiger partial charge in [-0.3, -0.25) is 4.79 Å². The molecule has 7 nitrogen and oxygen atoms in total. The average Bonchev–Trinajstić information content (AvgIpc) is 3.38. The number of hydrogen-bond acceptors (Lipinski definition) is 6. The Morgan fingerprint density at radius 1 is 1.07 bits per heavy atom. The van der Waals surface area contributed by atoms with Gasteiger partial charge in [-0.05, 0) is 25.0 Å². The lowest BCUT2D eigenvalue weighted by Crippen LogP contribution is -2.36. The molecule has 3 aliphatic rings. The summed E-state index contributed by atoms with van der Waals surface area (Å²) in [6.07, 6.45) is 3.92. The molecule has 2 saturated heterocycles. The van der Waals surface area contributed by atoms with Crippen LogP contribution in [0.25, 0.3) is 0 Å². The van der Waals surface area contributed by atoms with Crippen LogP contribution in [0.15, 0.2) is 36.5 Å². The Balaban J connectivity index is 1.49. The fourth-order valence-electron chi connectivity index (χ4n) is 4.57. The molecule has 1 aromatic heterocycles. The largest absolute Gasteiger partial charge is 0.341 e. The lowest BCUT2D eigenvalue weighted by atomic mass is 10.00. The maximum Gasteiger partial charge on any atom is 0.253 e. The smallest absolute Gasteiger partial charge is 0.253 e. The molecule has 3 aliphatic heterocycles. The number of amides is 1. The third-order valence-electron chi connectivity index (χ3n) is 6.02. The first-order valence-electron chi connectivity index (χ1n) is 9.69. The molecular weight excluding hydrogens is 376 g/mol. The summed E-state index contributed by atoms with van der Waals surface area (Å²) in [6.45, 7) is 2.47. The fourth-order valence-corrected chi connectivity index (χ4v) is 6.56. The Labute approximate surface area is 164 Å². The van der Waals surface area contributed by atoms with E-state index < -0.39 is 15.1 Å². The van der Waals surface area contributed by atoms with Gasteiger partial charge in [-0.25, -0.2) is 18.4 Å². The first-order valence-corrected chi connectivity index (χ1v) is 11.4. The van der Waals surface area contributed by atoms with Crippen molar-refractivity contribution in [1.29, 1.82) is 0 Å². The highest BCUT2D eigenvalue weighted by Gasteiger charge is 2.48. The van der Waals surface area contributed by atoms with E-state index in [0.29, 0.717) is 23.6 Å². The number of nitrogens with zero attached hydrogens (tertiary/aromatic N) is 4. The Bertz CT molecular complexity index is 1020. The minimum atomic E-state index is -3.34. The lowest BCUT2D eigenvalue weighted by molar-refractivity contribution is 0.0791. The first kappa shape index (κ1) is 17.6. The SMILES string of the molecule is O=C(c1ccccc1)N1C[C@@H]2c3nc(N4CCCC4)ncc3CS(=O)(=O)[C@@H]2C1. The second-order valence-corrected chi connectivity index (χ2v) is 10.0. The van der Waals surface area contributed by atoms with Crippen LogP contribution < -0.4 is 4.90 Å². The third-order valence-corrected chi connectivity index (χ3v) is 8.13. The van der Waals surface area contributed by atoms with Gasteiger partial charge in [0.25, 0.3) is 5.91 Å². The van der Waals surface area contributed by atoms with Crippen LogP contribution in [0.5, 0.6) is 0 Å². The van der Waals surface area contributed by atoms with E-state index in [1.807, 2.05) is 18.2 Å². The zero-order valence-electron chi connectivity index (χ0n) is 15.5. The number of carbonyl (C=O) groups excluding carboxylic acids is 1. The van der Waals surface area contributed by atoms with E-state index in [1.54, 1.807) is 23.2 Å². The molecule has 2 atom stereocenters. The van der Waals surface area contributed by atoms with Gasteiger partial charge in [-0.1, -0.05) is 18.2 Å². The van der Waals surface area contributed by atoms with E-state index in [-0.39, 0.29) is 24.1 Å². The lowest BCUT2D eigenvalue weighted by Gasteiger charge is -2.27. The summed E-state index contributed by atoms with van der Waals surface area (Å²) in [5, 5.41) is -0.589. The highest BCUT2D eigenvalue weighted by Crippen LogP contribution is 2.40. The van der Waals surface area contributed by atoms with Crippen LogP contribution in [0.1, 0.15) is 40.4 Å². The van der Waals surface area contributed by atoms with E-state index in [4.69, 9.17) is 4.98 Å². The van der Waals surface area contributed by atoms with Crippen molar-refractivity contribution in [2.75, 3.05) is 31.1 Å². The third kappa shape index (κ3) is 2.87. The minimum Gasteiger partial charge on any atom is -0.341 e. The summed E-state index contributed by atoms with van der Waals surface area (Å²) in [5.41, 5.74) is 2.07. The topological polar surface area (TPSA) is 83.5 Å². The quantitative estimate of drug-likeness (QED) is 0.764. The number of sulfone groups is 1. The molecule has 0 saturated carbocycles. The molecule has 5 rings (SSSR count). The number of rotatable bonds is 2. The van der Waals surface area contributed by atoms with Gasteiger partial charge >= 0.3 is 0 Å². The molecule has 146 valence electrons. The monoisotopic (exact) mass is 398 g/mol. The standard InChI is InChI=1S/C20H22N4O3S/c25-19(14-6-2-1-3-7-14)24-11-16-17(12-24)28(26,27)13-15-10-21-20(22-18(15)16)23-8-4-5-9-23/h1-3,6-7,10,16-17H,4-5,8-9,11-13H2/t16-,17+/m0/s1. The molecule has 0 N–H and O–H groups in total. The Morgan fingerprint density at radius 3 is 2.57 bits per heavy atom. The fraction of sp³-hybridized carbons (Fsp3) is 0.450. The molecule has 0 radical (unpaired) electrons. The van der Waals surface area contributed by atoms with Gasteiger partial charge in [0.15, 0.2) is 9.84 Å². The highest BCUT2D eigenvalue weighted by atomic mass is 32.2. The van der Waals surface area contributed by atoms with E-state index in [2.05, 4.69) is 9.88 Å². The van der Waals surface area contributed by atoms with Gasteiger partial charge in [0, 0.05) is 49.4 Å². The molecule has 2 fully saturated rings. The van der Waals surface area contributed by atoms with Crippen molar-refractivity contribution in [3.05, 3.63) is 53.3 Å². The number of aromatic nitrogens is 2. The van der Waals surface area contributed by atoms with Gasteiger partial charge in [-0.15, -0.1) is 0 Å². The highest BCUT2D eigenvalue weighted by molar-refractivity contribution is 7.91. The summed E-state index contributed by atoms with van der Waals surface area (Å²) in [5.74, 6) is 0.227. The number of hydrogen-bond donors (Lipinski definition) is 0. The predicted octanol–water partition coefficient (Wildman–Crippen LogP) is 1.61. The van der Waals surface area contributed by atoms with Crippen LogP contribution in [0.4, 0.5) is 5.95 Å². The average molecular weight is 398 g/mol. The van der Waals surface area contributed by atoms with E-state index in [1.165, 1.54) is 0 Å². The number of fused-ring (bicyclic) bond motifs is 3. The normalized spacial score (nSPS) is 25.4. The van der Waals surface area contributed by atoms with Gasteiger partial charge < -0.3 is 9.80 Å². The predicted molar refractivity (Wildman–Crippen MR) is 105 cm³/mol. The van der Waals surface area contributed by atoms with Crippen molar-refractivity contribution in [3.63, 3.8) is 0 Å². The van der Waals surface area contributed by atoms with E-state index in [9.17, 15) is 13.2 Å². The second-order valence-electron chi connectivity index (χ2n) is 7.80. The van der Waals surface area contributed by atoms with Crippen molar-refractivity contribution in [3.8, 4) is 0 Å². The van der Waals surface area contributed by atoms with Gasteiger partial charge in [-0.2, -0.15) is 0 Å². The molecule has 28 heavy (non-hydrogen) atoms. The van der Waals surface area contributed by atoms with Crippen LogP contribution >= 0.6 is 0 Å². The van der Waals surface area contributed by atoms with E-state index >= 15 is 0 Å². The molecule has 1 amide bonds. The molecule has 0 unspecified atom stereocenters.